The minimum absolute atomic E-state index is 0.0275. The Morgan fingerprint density at radius 3 is 2.76 bits per heavy atom. The average molecular weight is 370 g/mol. The fourth-order valence-corrected chi connectivity index (χ4v) is 4.67. The molecule has 25 heavy (non-hydrogen) atoms. The van der Waals surface area contributed by atoms with E-state index in [-0.39, 0.29) is 11.9 Å². The maximum atomic E-state index is 13.1. The Balaban J connectivity index is 1.61. The van der Waals surface area contributed by atoms with Crippen LogP contribution in [0.3, 0.4) is 0 Å². The molecule has 1 saturated heterocycles. The molecule has 2 aromatic heterocycles. The lowest BCUT2D eigenvalue weighted by Crippen LogP contribution is -2.49. The summed E-state index contributed by atoms with van der Waals surface area (Å²) in [5.74, 6) is 0.0275. The molecule has 0 radical (unpaired) electrons. The Morgan fingerprint density at radius 2 is 2.00 bits per heavy atom. The van der Waals surface area contributed by atoms with Crippen LogP contribution >= 0.6 is 22.7 Å². The average Bonchev–Trinajstić information content (AvgIpc) is 3.33. The summed E-state index contributed by atoms with van der Waals surface area (Å²) in [4.78, 5) is 22.0. The van der Waals surface area contributed by atoms with Crippen LogP contribution in [0.4, 0.5) is 0 Å². The summed E-state index contributed by atoms with van der Waals surface area (Å²) in [6.07, 6.45) is 0. The van der Waals surface area contributed by atoms with Crippen LogP contribution in [-0.4, -0.2) is 47.4 Å². The SMILES string of the molecule is CN1CCN(C(=O)c2csc(-c3ccsc3)n2)C(c2ccccc2)C1. The first kappa shape index (κ1) is 16.4. The molecule has 1 aromatic carbocycles. The molecule has 0 N–H and O–H groups in total. The zero-order valence-electron chi connectivity index (χ0n) is 14.0. The van der Waals surface area contributed by atoms with Gasteiger partial charge in [-0.1, -0.05) is 30.3 Å². The van der Waals surface area contributed by atoms with Gasteiger partial charge in [0.2, 0.25) is 0 Å². The summed E-state index contributed by atoms with van der Waals surface area (Å²) in [5.41, 5.74) is 2.82. The van der Waals surface area contributed by atoms with Crippen molar-refractivity contribution in [3.63, 3.8) is 0 Å². The summed E-state index contributed by atoms with van der Waals surface area (Å²) in [6.45, 7) is 2.45. The highest BCUT2D eigenvalue weighted by Crippen LogP contribution is 2.29. The van der Waals surface area contributed by atoms with Crippen molar-refractivity contribution in [3.8, 4) is 10.6 Å². The number of carbonyl (C=O) groups excluding carboxylic acids is 1. The van der Waals surface area contributed by atoms with Crippen molar-refractivity contribution in [2.24, 2.45) is 0 Å². The van der Waals surface area contributed by atoms with Gasteiger partial charge in [-0.2, -0.15) is 11.3 Å². The third-order valence-electron chi connectivity index (χ3n) is 4.52. The van der Waals surface area contributed by atoms with Gasteiger partial charge in [-0.15, -0.1) is 11.3 Å². The number of aromatic nitrogens is 1. The number of piperazine rings is 1. The van der Waals surface area contributed by atoms with Crippen LogP contribution in [0.15, 0.2) is 52.5 Å². The maximum absolute atomic E-state index is 13.1. The Labute approximate surface area is 155 Å². The Kier molecular flexibility index (Phi) is 4.65. The van der Waals surface area contributed by atoms with Crippen LogP contribution < -0.4 is 0 Å². The Hall–Kier alpha value is -2.02. The molecular formula is C19H19N3OS2. The third kappa shape index (κ3) is 3.38. The van der Waals surface area contributed by atoms with Gasteiger partial charge in [0.05, 0.1) is 6.04 Å². The standard InChI is InChI=1S/C19H19N3OS2/c1-21-8-9-22(17(11-21)14-5-3-2-4-6-14)19(23)16-13-25-18(20-16)15-7-10-24-12-15/h2-7,10,12-13,17H,8-9,11H2,1H3. The fourth-order valence-electron chi connectivity index (χ4n) is 3.16. The monoisotopic (exact) mass is 369 g/mol. The molecule has 1 unspecified atom stereocenters. The molecule has 0 bridgehead atoms. The van der Waals surface area contributed by atoms with Crippen molar-refractivity contribution in [3.05, 3.63) is 63.8 Å². The molecule has 0 saturated carbocycles. The number of hydrogen-bond acceptors (Lipinski definition) is 5. The Bertz CT molecular complexity index is 845. The molecular weight excluding hydrogens is 350 g/mol. The summed E-state index contributed by atoms with van der Waals surface area (Å²) >= 11 is 3.18. The molecule has 4 nitrogen and oxygen atoms in total. The van der Waals surface area contributed by atoms with Gasteiger partial charge in [-0.25, -0.2) is 4.98 Å². The zero-order chi connectivity index (χ0) is 17.2. The van der Waals surface area contributed by atoms with Crippen molar-refractivity contribution in [1.29, 1.82) is 0 Å². The predicted octanol–water partition coefficient (Wildman–Crippen LogP) is 4.00. The highest BCUT2D eigenvalue weighted by molar-refractivity contribution is 7.14. The Morgan fingerprint density at radius 1 is 1.16 bits per heavy atom. The van der Waals surface area contributed by atoms with Crippen molar-refractivity contribution in [2.75, 3.05) is 26.7 Å². The number of likely N-dealkylation sites (N-methyl/N-ethyl adjacent to an activating group) is 1. The number of hydrogen-bond donors (Lipinski definition) is 0. The van der Waals surface area contributed by atoms with Crippen LogP contribution in [0, 0.1) is 0 Å². The molecule has 1 amide bonds. The smallest absolute Gasteiger partial charge is 0.273 e. The summed E-state index contributed by atoms with van der Waals surface area (Å²) in [5, 5.41) is 6.89. The number of amides is 1. The second-order valence-corrected chi connectivity index (χ2v) is 7.88. The summed E-state index contributed by atoms with van der Waals surface area (Å²) in [6, 6.07) is 12.4. The van der Waals surface area contributed by atoms with E-state index in [1.807, 2.05) is 39.9 Å². The van der Waals surface area contributed by atoms with Crippen molar-refractivity contribution >= 4 is 28.6 Å². The molecule has 0 spiro atoms. The lowest BCUT2D eigenvalue weighted by Gasteiger charge is -2.40. The van der Waals surface area contributed by atoms with Gasteiger partial charge in [0.1, 0.15) is 10.7 Å². The molecule has 1 aliphatic rings. The first-order chi connectivity index (χ1) is 12.2. The van der Waals surface area contributed by atoms with E-state index >= 15 is 0 Å². The number of benzene rings is 1. The quantitative estimate of drug-likeness (QED) is 0.700. The molecule has 1 fully saturated rings. The van der Waals surface area contributed by atoms with Crippen LogP contribution in [0.2, 0.25) is 0 Å². The molecule has 1 aliphatic heterocycles. The number of thiazole rings is 1. The molecule has 128 valence electrons. The molecule has 6 heteroatoms. The van der Waals surface area contributed by atoms with Crippen LogP contribution in [0.25, 0.3) is 10.6 Å². The molecule has 3 heterocycles. The number of nitrogens with zero attached hydrogens (tertiary/aromatic N) is 3. The van der Waals surface area contributed by atoms with Gasteiger partial charge in [0, 0.05) is 36.0 Å². The lowest BCUT2D eigenvalue weighted by atomic mass is 10.0. The van der Waals surface area contributed by atoms with Gasteiger partial charge in [-0.3, -0.25) is 4.79 Å². The van der Waals surface area contributed by atoms with Gasteiger partial charge >= 0.3 is 0 Å². The van der Waals surface area contributed by atoms with Crippen LogP contribution in [0.1, 0.15) is 22.1 Å². The lowest BCUT2D eigenvalue weighted by molar-refractivity contribution is 0.0493. The van der Waals surface area contributed by atoms with Crippen molar-refractivity contribution in [1.82, 2.24) is 14.8 Å². The summed E-state index contributed by atoms with van der Waals surface area (Å²) in [7, 11) is 2.11. The van der Waals surface area contributed by atoms with Crippen LogP contribution in [-0.2, 0) is 0 Å². The summed E-state index contributed by atoms with van der Waals surface area (Å²) < 4.78 is 0. The van der Waals surface area contributed by atoms with E-state index in [0.717, 1.165) is 30.2 Å². The zero-order valence-corrected chi connectivity index (χ0v) is 15.6. The second-order valence-electron chi connectivity index (χ2n) is 6.24. The largest absolute Gasteiger partial charge is 0.328 e. The number of carbonyl (C=O) groups is 1. The predicted molar refractivity (Wildman–Crippen MR) is 103 cm³/mol. The van der Waals surface area contributed by atoms with E-state index in [4.69, 9.17) is 0 Å². The maximum Gasteiger partial charge on any atom is 0.273 e. The second kappa shape index (κ2) is 7.07. The van der Waals surface area contributed by atoms with E-state index < -0.39 is 0 Å². The van der Waals surface area contributed by atoms with E-state index in [1.165, 1.54) is 16.9 Å². The molecule has 0 aliphatic carbocycles. The number of rotatable bonds is 3. The van der Waals surface area contributed by atoms with Gasteiger partial charge < -0.3 is 9.80 Å². The van der Waals surface area contributed by atoms with Crippen molar-refractivity contribution < 1.29 is 4.79 Å². The molecule has 3 aromatic rings. The van der Waals surface area contributed by atoms with Gasteiger partial charge in [-0.05, 0) is 24.1 Å². The minimum Gasteiger partial charge on any atom is -0.328 e. The van der Waals surface area contributed by atoms with Crippen molar-refractivity contribution in [2.45, 2.75) is 6.04 Å². The van der Waals surface area contributed by atoms with E-state index in [0.29, 0.717) is 5.69 Å². The van der Waals surface area contributed by atoms with Crippen LogP contribution in [0.5, 0.6) is 0 Å². The molecule has 1 atom stereocenters. The normalized spacial score (nSPS) is 18.4. The van der Waals surface area contributed by atoms with E-state index in [9.17, 15) is 4.79 Å². The highest BCUT2D eigenvalue weighted by atomic mass is 32.1. The first-order valence-corrected chi connectivity index (χ1v) is 10.1. The highest BCUT2D eigenvalue weighted by Gasteiger charge is 2.31. The molecule has 4 rings (SSSR count). The van der Waals surface area contributed by atoms with Gasteiger partial charge in [0.25, 0.3) is 5.91 Å². The fraction of sp³-hybridized carbons (Fsp3) is 0.263. The minimum atomic E-state index is 0.0275. The van der Waals surface area contributed by atoms with E-state index in [2.05, 4.69) is 34.4 Å². The first-order valence-electron chi connectivity index (χ1n) is 8.25. The third-order valence-corrected chi connectivity index (χ3v) is 6.09. The number of thiophene rings is 1. The van der Waals surface area contributed by atoms with Gasteiger partial charge in [0.15, 0.2) is 0 Å². The topological polar surface area (TPSA) is 36.4 Å². The van der Waals surface area contributed by atoms with E-state index in [1.54, 1.807) is 11.3 Å².